The Morgan fingerprint density at radius 2 is 1.77 bits per heavy atom. The summed E-state index contributed by atoms with van der Waals surface area (Å²) in [6.07, 6.45) is 1.85. The number of amides is 1. The average molecular weight is 319 g/mol. The Kier molecular flexibility index (Phi) is 4.71. The smallest absolute Gasteiger partial charge is 0.308 e. The van der Waals surface area contributed by atoms with Crippen LogP contribution >= 0.6 is 11.8 Å². The molecule has 2 aliphatic rings. The maximum absolute atomic E-state index is 12.7. The molecule has 118 valence electrons. The first-order chi connectivity index (χ1) is 10.7. The highest BCUT2D eigenvalue weighted by Gasteiger charge is 2.41. The second-order valence-corrected chi connectivity index (χ2v) is 7.32. The third kappa shape index (κ3) is 3.14. The fourth-order valence-corrected chi connectivity index (χ4v) is 4.58. The van der Waals surface area contributed by atoms with Gasteiger partial charge in [-0.25, -0.2) is 0 Å². The number of hydrogen-bond donors (Lipinski definition) is 1. The number of carbonyl (C=O) groups is 2. The van der Waals surface area contributed by atoms with E-state index in [4.69, 9.17) is 0 Å². The first kappa shape index (κ1) is 15.4. The average Bonchev–Trinajstić information content (AvgIpc) is 3.01. The van der Waals surface area contributed by atoms with Gasteiger partial charge in [-0.05, 0) is 29.9 Å². The van der Waals surface area contributed by atoms with Crippen molar-refractivity contribution in [2.24, 2.45) is 11.8 Å². The summed E-state index contributed by atoms with van der Waals surface area (Å²) < 4.78 is 0. The summed E-state index contributed by atoms with van der Waals surface area (Å²) in [5.41, 5.74) is 1.02. The van der Waals surface area contributed by atoms with Crippen molar-refractivity contribution in [3.05, 3.63) is 35.9 Å². The fraction of sp³-hybridized carbons (Fsp3) is 0.529. The minimum absolute atomic E-state index is 0.0882. The van der Waals surface area contributed by atoms with Crippen LogP contribution in [0.1, 0.15) is 24.3 Å². The SMILES string of the molecule is O=C(O)C1CN(C(=O)C2CCSCC2)CC1c1ccccc1. The molecule has 1 amide bonds. The minimum atomic E-state index is -0.802. The molecule has 0 aliphatic carbocycles. The van der Waals surface area contributed by atoms with E-state index in [0.29, 0.717) is 13.1 Å². The summed E-state index contributed by atoms with van der Waals surface area (Å²) in [6.45, 7) is 0.876. The molecule has 22 heavy (non-hydrogen) atoms. The van der Waals surface area contributed by atoms with Gasteiger partial charge in [0.15, 0.2) is 0 Å². The van der Waals surface area contributed by atoms with Gasteiger partial charge >= 0.3 is 5.97 Å². The molecule has 5 heteroatoms. The van der Waals surface area contributed by atoms with Crippen molar-refractivity contribution in [2.45, 2.75) is 18.8 Å². The molecule has 1 aromatic rings. The van der Waals surface area contributed by atoms with E-state index in [9.17, 15) is 14.7 Å². The third-order valence-corrected chi connectivity index (χ3v) is 5.80. The number of hydrogen-bond acceptors (Lipinski definition) is 3. The molecule has 2 atom stereocenters. The second-order valence-electron chi connectivity index (χ2n) is 6.09. The van der Waals surface area contributed by atoms with Gasteiger partial charge in [-0.2, -0.15) is 11.8 Å². The van der Waals surface area contributed by atoms with Gasteiger partial charge in [0.25, 0.3) is 0 Å². The van der Waals surface area contributed by atoms with Crippen molar-refractivity contribution in [2.75, 3.05) is 24.6 Å². The largest absolute Gasteiger partial charge is 0.481 e. The predicted octanol–water partition coefficient (Wildman–Crippen LogP) is 2.46. The zero-order valence-electron chi connectivity index (χ0n) is 12.5. The first-order valence-electron chi connectivity index (χ1n) is 7.81. The number of rotatable bonds is 3. The monoisotopic (exact) mass is 319 g/mol. The van der Waals surface area contributed by atoms with E-state index >= 15 is 0 Å². The van der Waals surface area contributed by atoms with Crippen molar-refractivity contribution in [1.82, 2.24) is 4.90 Å². The quantitative estimate of drug-likeness (QED) is 0.930. The van der Waals surface area contributed by atoms with Gasteiger partial charge in [0.05, 0.1) is 5.92 Å². The Morgan fingerprint density at radius 1 is 1.09 bits per heavy atom. The van der Waals surface area contributed by atoms with Crippen LogP contribution in [0.3, 0.4) is 0 Å². The summed E-state index contributed by atoms with van der Waals surface area (Å²) in [5, 5.41) is 9.51. The Bertz CT molecular complexity index is 542. The summed E-state index contributed by atoms with van der Waals surface area (Å²) in [6, 6.07) is 9.71. The highest BCUT2D eigenvalue weighted by Crippen LogP contribution is 2.35. The van der Waals surface area contributed by atoms with Crippen LogP contribution in [0.25, 0.3) is 0 Å². The molecule has 0 spiro atoms. The molecule has 2 heterocycles. The number of benzene rings is 1. The van der Waals surface area contributed by atoms with E-state index in [-0.39, 0.29) is 17.7 Å². The second kappa shape index (κ2) is 6.73. The molecule has 0 aromatic heterocycles. The normalized spacial score (nSPS) is 26.1. The fourth-order valence-electron chi connectivity index (χ4n) is 3.47. The number of carbonyl (C=O) groups excluding carboxylic acids is 1. The van der Waals surface area contributed by atoms with Crippen LogP contribution in [-0.4, -0.2) is 46.5 Å². The minimum Gasteiger partial charge on any atom is -0.481 e. The molecule has 4 nitrogen and oxygen atoms in total. The molecule has 3 rings (SSSR count). The van der Waals surface area contributed by atoms with Crippen molar-refractivity contribution >= 4 is 23.6 Å². The van der Waals surface area contributed by atoms with Crippen molar-refractivity contribution in [3.8, 4) is 0 Å². The summed E-state index contributed by atoms with van der Waals surface area (Å²) in [7, 11) is 0. The predicted molar refractivity (Wildman–Crippen MR) is 86.9 cm³/mol. The van der Waals surface area contributed by atoms with Crippen LogP contribution in [-0.2, 0) is 9.59 Å². The van der Waals surface area contributed by atoms with Crippen LogP contribution in [0, 0.1) is 11.8 Å². The third-order valence-electron chi connectivity index (χ3n) is 4.75. The number of aliphatic carboxylic acids is 1. The molecule has 0 radical (unpaired) electrons. The maximum Gasteiger partial charge on any atom is 0.308 e. The van der Waals surface area contributed by atoms with Crippen molar-refractivity contribution < 1.29 is 14.7 Å². The van der Waals surface area contributed by atoms with Gasteiger partial charge in [-0.1, -0.05) is 30.3 Å². The van der Waals surface area contributed by atoms with Crippen LogP contribution in [0.5, 0.6) is 0 Å². The van der Waals surface area contributed by atoms with E-state index in [1.54, 1.807) is 4.90 Å². The Morgan fingerprint density at radius 3 is 2.41 bits per heavy atom. The molecular weight excluding hydrogens is 298 g/mol. The van der Waals surface area contributed by atoms with Crippen LogP contribution in [0.15, 0.2) is 30.3 Å². The topological polar surface area (TPSA) is 57.6 Å². The van der Waals surface area contributed by atoms with E-state index in [1.165, 1.54) is 0 Å². The van der Waals surface area contributed by atoms with Crippen molar-refractivity contribution in [1.29, 1.82) is 0 Å². The zero-order valence-corrected chi connectivity index (χ0v) is 13.3. The summed E-state index contributed by atoms with van der Waals surface area (Å²) in [4.78, 5) is 26.0. The number of likely N-dealkylation sites (tertiary alicyclic amines) is 1. The number of nitrogens with zero attached hydrogens (tertiary/aromatic N) is 1. The van der Waals surface area contributed by atoms with E-state index in [2.05, 4.69) is 0 Å². The lowest BCUT2D eigenvalue weighted by molar-refractivity contribution is -0.142. The van der Waals surface area contributed by atoms with E-state index in [1.807, 2.05) is 42.1 Å². The Hall–Kier alpha value is -1.49. The van der Waals surface area contributed by atoms with Gasteiger partial charge in [0.1, 0.15) is 0 Å². The van der Waals surface area contributed by atoms with Crippen LogP contribution in [0.2, 0.25) is 0 Å². The molecular formula is C17H21NO3S. The standard InChI is InChI=1S/C17H21NO3S/c19-16(13-6-8-22-9-7-13)18-10-14(15(11-18)17(20)21)12-4-2-1-3-5-12/h1-5,13-15H,6-11H2,(H,20,21). The number of carboxylic acid groups (broad SMARTS) is 1. The van der Waals surface area contributed by atoms with Crippen molar-refractivity contribution in [3.63, 3.8) is 0 Å². The summed E-state index contributed by atoms with van der Waals surface area (Å²) >= 11 is 1.90. The summed E-state index contributed by atoms with van der Waals surface area (Å²) in [5.74, 6) is 0.923. The number of thioether (sulfide) groups is 1. The Labute approximate surface area is 134 Å². The lowest BCUT2D eigenvalue weighted by atomic mass is 9.89. The lowest BCUT2D eigenvalue weighted by Crippen LogP contribution is -2.36. The molecule has 0 bridgehead atoms. The molecule has 2 fully saturated rings. The molecule has 0 saturated carbocycles. The van der Waals surface area contributed by atoms with Gasteiger partial charge in [0.2, 0.25) is 5.91 Å². The number of carboxylic acids is 1. The van der Waals surface area contributed by atoms with Crippen LogP contribution < -0.4 is 0 Å². The van der Waals surface area contributed by atoms with Gasteiger partial charge in [0, 0.05) is 24.9 Å². The van der Waals surface area contributed by atoms with Gasteiger partial charge in [-0.15, -0.1) is 0 Å². The molecule has 2 unspecified atom stereocenters. The highest BCUT2D eigenvalue weighted by molar-refractivity contribution is 7.99. The lowest BCUT2D eigenvalue weighted by Gasteiger charge is -2.26. The highest BCUT2D eigenvalue weighted by atomic mass is 32.2. The molecule has 2 aliphatic heterocycles. The van der Waals surface area contributed by atoms with E-state index in [0.717, 1.165) is 29.9 Å². The van der Waals surface area contributed by atoms with Crippen LogP contribution in [0.4, 0.5) is 0 Å². The molecule has 1 N–H and O–H groups in total. The van der Waals surface area contributed by atoms with Gasteiger partial charge < -0.3 is 10.0 Å². The zero-order chi connectivity index (χ0) is 15.5. The molecule has 2 saturated heterocycles. The van der Waals surface area contributed by atoms with Gasteiger partial charge in [-0.3, -0.25) is 9.59 Å². The Balaban J connectivity index is 1.75. The maximum atomic E-state index is 12.7. The van der Waals surface area contributed by atoms with E-state index < -0.39 is 11.9 Å². The first-order valence-corrected chi connectivity index (χ1v) is 8.96. The molecule has 1 aromatic carbocycles.